The Morgan fingerprint density at radius 1 is 0.895 bits per heavy atom. The lowest BCUT2D eigenvalue weighted by Gasteiger charge is -2.42. The second-order valence-corrected chi connectivity index (χ2v) is 12.2. The van der Waals surface area contributed by atoms with Crippen LogP contribution < -0.4 is 4.90 Å². The molecule has 198 valence electrons. The number of benzene rings is 2. The minimum absolute atomic E-state index is 0.0237. The van der Waals surface area contributed by atoms with Crippen molar-refractivity contribution in [3.63, 3.8) is 0 Å². The molecule has 1 aromatic heterocycles. The fraction of sp³-hybridized carbons (Fsp3) is 0.393. The summed E-state index contributed by atoms with van der Waals surface area (Å²) in [5, 5.41) is 0.765. The van der Waals surface area contributed by atoms with Crippen LogP contribution in [0.1, 0.15) is 25.7 Å². The number of hydrogen-bond donors (Lipinski definition) is 0. The van der Waals surface area contributed by atoms with E-state index in [1.807, 2.05) is 47.4 Å². The summed E-state index contributed by atoms with van der Waals surface area (Å²) in [5.41, 5.74) is 0.451. The van der Waals surface area contributed by atoms with Crippen LogP contribution in [-0.2, 0) is 19.6 Å². The molecule has 38 heavy (non-hydrogen) atoms. The van der Waals surface area contributed by atoms with Crippen molar-refractivity contribution >= 4 is 38.4 Å². The molecular formula is C28H31N5O4S. The van der Waals surface area contributed by atoms with Gasteiger partial charge in [-0.1, -0.05) is 36.4 Å². The van der Waals surface area contributed by atoms with Gasteiger partial charge >= 0.3 is 0 Å². The number of rotatable bonds is 5. The van der Waals surface area contributed by atoms with Crippen LogP contribution in [0.5, 0.6) is 0 Å². The maximum Gasteiger partial charge on any atom is 0.250 e. The summed E-state index contributed by atoms with van der Waals surface area (Å²) in [7, 11) is -3.81. The summed E-state index contributed by atoms with van der Waals surface area (Å²) >= 11 is 0. The highest BCUT2D eigenvalue weighted by molar-refractivity contribution is 7.89. The molecule has 0 radical (unpaired) electrons. The van der Waals surface area contributed by atoms with Gasteiger partial charge in [-0.15, -0.1) is 0 Å². The molecule has 0 unspecified atom stereocenters. The summed E-state index contributed by atoms with van der Waals surface area (Å²) in [6.07, 6.45) is 4.27. The molecule has 3 saturated heterocycles. The van der Waals surface area contributed by atoms with Gasteiger partial charge in [-0.05, 0) is 49.9 Å². The third-order valence-corrected chi connectivity index (χ3v) is 10.1. The van der Waals surface area contributed by atoms with E-state index < -0.39 is 15.6 Å². The quantitative estimate of drug-likeness (QED) is 0.501. The average Bonchev–Trinajstić information content (AvgIpc) is 3.58. The average molecular weight is 534 g/mol. The zero-order chi connectivity index (χ0) is 26.3. The van der Waals surface area contributed by atoms with E-state index in [9.17, 15) is 18.0 Å². The van der Waals surface area contributed by atoms with Crippen molar-refractivity contribution < 1.29 is 18.0 Å². The van der Waals surface area contributed by atoms with Gasteiger partial charge in [-0.2, -0.15) is 4.31 Å². The standard InChI is InChI=1S/C28H31N5O4S/c34-25(30-16-4-5-17-30)20-31-21-33(23-10-2-1-3-11-23)28(27(31)35)13-18-32(19-14-28)38(36,37)24-12-6-8-22-9-7-15-29-26(22)24/h1-3,6-12,15H,4-5,13-14,16-21H2. The maximum atomic E-state index is 14.0. The summed E-state index contributed by atoms with van der Waals surface area (Å²) < 4.78 is 28.9. The van der Waals surface area contributed by atoms with E-state index in [1.165, 1.54) is 4.31 Å². The second kappa shape index (κ2) is 9.67. The largest absolute Gasteiger partial charge is 0.341 e. The van der Waals surface area contributed by atoms with Crippen LogP contribution in [0.3, 0.4) is 0 Å². The van der Waals surface area contributed by atoms with Crippen molar-refractivity contribution in [3.05, 3.63) is 66.9 Å². The van der Waals surface area contributed by atoms with Crippen molar-refractivity contribution in [2.45, 2.75) is 36.1 Å². The Bertz CT molecular complexity index is 1460. The van der Waals surface area contributed by atoms with Crippen LogP contribution in [-0.4, -0.2) is 84.3 Å². The predicted molar refractivity (Wildman–Crippen MR) is 144 cm³/mol. The Labute approximate surface area is 222 Å². The van der Waals surface area contributed by atoms with Crippen LogP contribution in [0.4, 0.5) is 5.69 Å². The molecule has 6 rings (SSSR count). The molecule has 9 nitrogen and oxygen atoms in total. The Hall–Kier alpha value is -3.50. The topological polar surface area (TPSA) is 94.1 Å². The Balaban J connectivity index is 1.27. The molecule has 3 aromatic rings. The van der Waals surface area contributed by atoms with E-state index in [0.717, 1.165) is 37.0 Å². The van der Waals surface area contributed by atoms with Crippen molar-refractivity contribution in [1.82, 2.24) is 19.1 Å². The van der Waals surface area contributed by atoms with Crippen molar-refractivity contribution in [1.29, 1.82) is 0 Å². The molecule has 0 saturated carbocycles. The fourth-order valence-corrected chi connectivity index (χ4v) is 7.68. The van der Waals surface area contributed by atoms with E-state index in [2.05, 4.69) is 9.88 Å². The van der Waals surface area contributed by atoms with Gasteiger partial charge in [0.25, 0.3) is 0 Å². The van der Waals surface area contributed by atoms with Gasteiger partial charge in [0, 0.05) is 43.4 Å². The van der Waals surface area contributed by atoms with Gasteiger partial charge < -0.3 is 14.7 Å². The number of hydrogen-bond acceptors (Lipinski definition) is 6. The number of aromatic nitrogens is 1. The number of carbonyl (C=O) groups is 2. The lowest BCUT2D eigenvalue weighted by Crippen LogP contribution is -2.57. The van der Waals surface area contributed by atoms with Gasteiger partial charge in [0.2, 0.25) is 21.8 Å². The first kappa shape index (κ1) is 24.8. The molecule has 10 heteroatoms. The lowest BCUT2D eigenvalue weighted by atomic mass is 9.86. The molecule has 3 aliphatic rings. The Morgan fingerprint density at radius 3 is 2.34 bits per heavy atom. The molecule has 0 aliphatic carbocycles. The third kappa shape index (κ3) is 4.12. The highest BCUT2D eigenvalue weighted by Gasteiger charge is 2.55. The number of sulfonamides is 1. The highest BCUT2D eigenvalue weighted by Crippen LogP contribution is 2.41. The van der Waals surface area contributed by atoms with Crippen molar-refractivity contribution in [2.24, 2.45) is 0 Å². The van der Waals surface area contributed by atoms with Gasteiger partial charge in [-0.25, -0.2) is 8.42 Å². The molecule has 2 amide bonds. The SMILES string of the molecule is O=C(CN1CN(c2ccccc2)C2(CCN(S(=O)(=O)c3cccc4cccnc34)CC2)C1=O)N1CCCC1. The minimum atomic E-state index is -3.81. The van der Waals surface area contributed by atoms with Crippen LogP contribution >= 0.6 is 0 Å². The summed E-state index contributed by atoms with van der Waals surface area (Å²) in [4.78, 5) is 36.9. The zero-order valence-electron chi connectivity index (χ0n) is 21.2. The van der Waals surface area contributed by atoms with Crippen LogP contribution in [0, 0.1) is 0 Å². The van der Waals surface area contributed by atoms with E-state index in [0.29, 0.717) is 25.0 Å². The van der Waals surface area contributed by atoms with Crippen molar-refractivity contribution in [2.75, 3.05) is 44.3 Å². The van der Waals surface area contributed by atoms with Crippen LogP contribution in [0.15, 0.2) is 71.8 Å². The van der Waals surface area contributed by atoms with E-state index >= 15 is 0 Å². The molecule has 2 aromatic carbocycles. The monoisotopic (exact) mass is 533 g/mol. The first-order valence-corrected chi connectivity index (χ1v) is 14.6. The van der Waals surface area contributed by atoms with Gasteiger partial charge in [-0.3, -0.25) is 14.6 Å². The van der Waals surface area contributed by atoms with Gasteiger partial charge in [0.1, 0.15) is 17.0 Å². The third-order valence-electron chi connectivity index (χ3n) is 8.13. The first-order valence-electron chi connectivity index (χ1n) is 13.1. The molecule has 4 heterocycles. The minimum Gasteiger partial charge on any atom is -0.341 e. The number of amides is 2. The number of carbonyl (C=O) groups excluding carboxylic acids is 2. The number of pyridine rings is 1. The van der Waals surface area contributed by atoms with Gasteiger partial charge in [0.05, 0.1) is 12.2 Å². The Morgan fingerprint density at radius 2 is 1.61 bits per heavy atom. The van der Waals surface area contributed by atoms with Crippen LogP contribution in [0.2, 0.25) is 0 Å². The van der Waals surface area contributed by atoms with E-state index in [4.69, 9.17) is 0 Å². The number of fused-ring (bicyclic) bond motifs is 1. The Kier molecular flexibility index (Phi) is 6.31. The zero-order valence-corrected chi connectivity index (χ0v) is 22.0. The number of nitrogens with zero attached hydrogens (tertiary/aromatic N) is 5. The summed E-state index contributed by atoms with van der Waals surface area (Å²) in [6.45, 7) is 2.24. The molecule has 1 spiro atoms. The van der Waals surface area contributed by atoms with Crippen molar-refractivity contribution in [3.8, 4) is 0 Å². The second-order valence-electron chi connectivity index (χ2n) is 10.3. The molecular weight excluding hydrogens is 502 g/mol. The van der Waals surface area contributed by atoms with Crippen LogP contribution in [0.25, 0.3) is 10.9 Å². The molecule has 0 N–H and O–H groups in total. The normalized spacial score (nSPS) is 20.1. The molecule has 0 atom stereocenters. The number of piperidine rings is 1. The highest BCUT2D eigenvalue weighted by atomic mass is 32.2. The summed E-state index contributed by atoms with van der Waals surface area (Å²) in [5.74, 6) is -0.123. The first-order chi connectivity index (χ1) is 18.4. The predicted octanol–water partition coefficient (Wildman–Crippen LogP) is 2.69. The molecule has 0 bridgehead atoms. The number of anilines is 1. The van der Waals surface area contributed by atoms with Gasteiger partial charge in [0.15, 0.2) is 0 Å². The fourth-order valence-electron chi connectivity index (χ4n) is 6.07. The summed E-state index contributed by atoms with van der Waals surface area (Å²) in [6, 6.07) is 18.5. The number of likely N-dealkylation sites (tertiary alicyclic amines) is 1. The lowest BCUT2D eigenvalue weighted by molar-refractivity contribution is -0.140. The molecule has 3 aliphatic heterocycles. The maximum absolute atomic E-state index is 14.0. The smallest absolute Gasteiger partial charge is 0.250 e. The molecule has 3 fully saturated rings. The van der Waals surface area contributed by atoms with E-state index in [1.54, 1.807) is 29.3 Å². The number of para-hydroxylation sites is 2. The van der Waals surface area contributed by atoms with E-state index in [-0.39, 0.29) is 36.3 Å².